The van der Waals surface area contributed by atoms with Gasteiger partial charge in [0.05, 0.1) is 11.1 Å². The van der Waals surface area contributed by atoms with E-state index in [-0.39, 0.29) is 22.5 Å². The molecule has 3 rings (SSSR count). The van der Waals surface area contributed by atoms with Crippen molar-refractivity contribution < 1.29 is 23.2 Å². The molecule has 2 N–H and O–H groups in total. The molecular formula is C19H19FN2O4. The summed E-state index contributed by atoms with van der Waals surface area (Å²) in [4.78, 5) is 36.7. The second-order valence-corrected chi connectivity index (χ2v) is 7.18. The van der Waals surface area contributed by atoms with Gasteiger partial charge in [0, 0.05) is 18.4 Å². The van der Waals surface area contributed by atoms with E-state index in [1.54, 1.807) is 6.92 Å². The van der Waals surface area contributed by atoms with Crippen molar-refractivity contribution in [2.45, 2.75) is 33.6 Å². The summed E-state index contributed by atoms with van der Waals surface area (Å²) in [6.07, 6.45) is 0.926. The Morgan fingerprint density at radius 1 is 1.12 bits per heavy atom. The lowest BCUT2D eigenvalue weighted by molar-refractivity contribution is 0.0825. The number of halogens is 1. The summed E-state index contributed by atoms with van der Waals surface area (Å²) in [5.74, 6) is -1.80. The van der Waals surface area contributed by atoms with E-state index in [1.807, 2.05) is 13.8 Å². The van der Waals surface area contributed by atoms with Gasteiger partial charge in [-0.2, -0.15) is 0 Å². The fourth-order valence-corrected chi connectivity index (χ4v) is 3.18. The molecule has 1 aliphatic rings. The third-order valence-electron chi connectivity index (χ3n) is 4.39. The van der Waals surface area contributed by atoms with Crippen LogP contribution in [0.1, 0.15) is 62.9 Å². The van der Waals surface area contributed by atoms with Crippen molar-refractivity contribution in [3.8, 4) is 0 Å². The van der Waals surface area contributed by atoms with E-state index < -0.39 is 17.6 Å². The second-order valence-electron chi connectivity index (χ2n) is 7.18. The monoisotopic (exact) mass is 358 g/mol. The number of amides is 2. The molecule has 0 radical (unpaired) electrons. The van der Waals surface area contributed by atoms with Crippen LogP contribution in [0.2, 0.25) is 0 Å². The molecule has 1 heterocycles. The molecule has 0 unspecified atom stereocenters. The lowest BCUT2D eigenvalue weighted by atomic mass is 9.76. The van der Waals surface area contributed by atoms with Crippen molar-refractivity contribution in [1.82, 2.24) is 10.9 Å². The van der Waals surface area contributed by atoms with Gasteiger partial charge in [-0.1, -0.05) is 26.0 Å². The summed E-state index contributed by atoms with van der Waals surface area (Å²) >= 11 is 0. The van der Waals surface area contributed by atoms with Gasteiger partial charge in [-0.05, 0) is 24.5 Å². The standard InChI is InChI=1S/C19H19FN2O4/c1-10-15-13(23)8-19(2,3)9-14(15)26-16(10)18(25)22-21-17(24)11-6-4-5-7-12(11)20/h4-7H,8-9H2,1-3H3,(H,21,24)(H,22,25). The highest BCUT2D eigenvalue weighted by Crippen LogP contribution is 2.38. The predicted octanol–water partition coefficient (Wildman–Crippen LogP) is 2.96. The molecule has 0 bridgehead atoms. The number of Topliss-reactive ketones (excluding diaryl/α,β-unsaturated/α-hetero) is 1. The summed E-state index contributed by atoms with van der Waals surface area (Å²) in [5, 5.41) is 0. The fraction of sp³-hybridized carbons (Fsp3) is 0.316. The van der Waals surface area contributed by atoms with Crippen LogP contribution < -0.4 is 10.9 Å². The van der Waals surface area contributed by atoms with E-state index in [4.69, 9.17) is 4.42 Å². The maximum atomic E-state index is 13.6. The number of benzene rings is 1. The van der Waals surface area contributed by atoms with Crippen LogP contribution in [-0.4, -0.2) is 17.6 Å². The van der Waals surface area contributed by atoms with Crippen LogP contribution in [0.4, 0.5) is 4.39 Å². The molecule has 0 aliphatic heterocycles. The fourth-order valence-electron chi connectivity index (χ4n) is 3.18. The van der Waals surface area contributed by atoms with Gasteiger partial charge in [0.25, 0.3) is 5.91 Å². The lowest BCUT2D eigenvalue weighted by Gasteiger charge is -2.27. The van der Waals surface area contributed by atoms with Crippen molar-refractivity contribution >= 4 is 17.6 Å². The van der Waals surface area contributed by atoms with Gasteiger partial charge in [-0.15, -0.1) is 0 Å². The third-order valence-corrected chi connectivity index (χ3v) is 4.39. The van der Waals surface area contributed by atoms with Crippen molar-refractivity contribution in [3.63, 3.8) is 0 Å². The van der Waals surface area contributed by atoms with Gasteiger partial charge in [0.2, 0.25) is 0 Å². The number of nitrogens with one attached hydrogen (secondary N) is 2. The van der Waals surface area contributed by atoms with Crippen LogP contribution in [0.25, 0.3) is 0 Å². The number of carbonyl (C=O) groups is 3. The maximum Gasteiger partial charge on any atom is 0.305 e. The minimum atomic E-state index is -0.789. The Morgan fingerprint density at radius 2 is 1.77 bits per heavy atom. The van der Waals surface area contributed by atoms with Crippen LogP contribution in [-0.2, 0) is 6.42 Å². The Hall–Kier alpha value is -2.96. The van der Waals surface area contributed by atoms with E-state index in [0.29, 0.717) is 29.7 Å². The number of hydrogen-bond donors (Lipinski definition) is 2. The minimum absolute atomic E-state index is 0.0325. The Bertz CT molecular complexity index is 914. The van der Waals surface area contributed by atoms with Crippen molar-refractivity contribution in [2.24, 2.45) is 5.41 Å². The van der Waals surface area contributed by atoms with E-state index in [0.717, 1.165) is 6.07 Å². The smallest absolute Gasteiger partial charge is 0.305 e. The molecule has 2 aromatic rings. The number of furan rings is 1. The molecule has 0 saturated heterocycles. The number of hydrazine groups is 1. The summed E-state index contributed by atoms with van der Waals surface area (Å²) in [6.45, 7) is 5.55. The first-order chi connectivity index (χ1) is 12.2. The van der Waals surface area contributed by atoms with Crippen LogP contribution in [0.5, 0.6) is 0 Å². The molecule has 0 atom stereocenters. The van der Waals surface area contributed by atoms with Crippen LogP contribution in [0, 0.1) is 18.2 Å². The molecule has 1 aromatic carbocycles. The first-order valence-electron chi connectivity index (χ1n) is 8.20. The Labute approximate surface area is 149 Å². The van der Waals surface area contributed by atoms with Crippen LogP contribution >= 0.6 is 0 Å². The Kier molecular flexibility index (Phi) is 4.39. The first kappa shape index (κ1) is 17.8. The quantitative estimate of drug-likeness (QED) is 0.808. The van der Waals surface area contributed by atoms with Crippen LogP contribution in [0.15, 0.2) is 28.7 Å². The average molecular weight is 358 g/mol. The van der Waals surface area contributed by atoms with Crippen molar-refractivity contribution in [2.75, 3.05) is 0 Å². The van der Waals surface area contributed by atoms with Crippen molar-refractivity contribution in [3.05, 3.63) is 58.3 Å². The zero-order valence-electron chi connectivity index (χ0n) is 14.7. The van der Waals surface area contributed by atoms with E-state index >= 15 is 0 Å². The Balaban J connectivity index is 1.77. The summed E-state index contributed by atoms with van der Waals surface area (Å²) in [5.41, 5.74) is 4.80. The Morgan fingerprint density at radius 3 is 2.46 bits per heavy atom. The molecule has 0 saturated carbocycles. The highest BCUT2D eigenvalue weighted by molar-refractivity contribution is 6.04. The van der Waals surface area contributed by atoms with Gasteiger partial charge in [-0.3, -0.25) is 25.2 Å². The maximum absolute atomic E-state index is 13.6. The molecule has 6 nitrogen and oxygen atoms in total. The molecule has 1 aromatic heterocycles. The summed E-state index contributed by atoms with van der Waals surface area (Å²) in [7, 11) is 0. The van der Waals surface area contributed by atoms with Gasteiger partial charge in [0.15, 0.2) is 11.5 Å². The zero-order valence-corrected chi connectivity index (χ0v) is 14.7. The number of carbonyl (C=O) groups excluding carboxylic acids is 3. The average Bonchev–Trinajstić information content (AvgIpc) is 2.88. The number of hydrogen-bond acceptors (Lipinski definition) is 4. The number of rotatable bonds is 2. The van der Waals surface area contributed by atoms with E-state index in [1.165, 1.54) is 18.2 Å². The first-order valence-corrected chi connectivity index (χ1v) is 8.20. The minimum Gasteiger partial charge on any atom is -0.455 e. The SMILES string of the molecule is Cc1c(C(=O)NNC(=O)c2ccccc2F)oc2c1C(=O)CC(C)(C)C2. The van der Waals surface area contributed by atoms with Gasteiger partial charge in [0.1, 0.15) is 11.6 Å². The second kappa shape index (κ2) is 6.40. The molecule has 2 amide bonds. The van der Waals surface area contributed by atoms with Gasteiger partial charge in [-0.25, -0.2) is 4.39 Å². The molecule has 136 valence electrons. The van der Waals surface area contributed by atoms with E-state index in [9.17, 15) is 18.8 Å². The summed E-state index contributed by atoms with van der Waals surface area (Å²) < 4.78 is 19.2. The van der Waals surface area contributed by atoms with Crippen molar-refractivity contribution in [1.29, 1.82) is 0 Å². The number of fused-ring (bicyclic) bond motifs is 1. The molecule has 1 aliphatic carbocycles. The zero-order chi connectivity index (χ0) is 19.1. The van der Waals surface area contributed by atoms with Gasteiger partial charge < -0.3 is 4.42 Å². The van der Waals surface area contributed by atoms with Crippen LogP contribution in [0.3, 0.4) is 0 Å². The highest BCUT2D eigenvalue weighted by Gasteiger charge is 2.37. The molecule has 0 fully saturated rings. The van der Waals surface area contributed by atoms with Gasteiger partial charge >= 0.3 is 5.91 Å². The normalized spacial score (nSPS) is 15.3. The van der Waals surface area contributed by atoms with E-state index in [2.05, 4.69) is 10.9 Å². The topological polar surface area (TPSA) is 88.4 Å². The lowest BCUT2D eigenvalue weighted by Crippen LogP contribution is -2.42. The number of ketones is 1. The third kappa shape index (κ3) is 3.24. The molecule has 26 heavy (non-hydrogen) atoms. The molecule has 7 heteroatoms. The summed E-state index contributed by atoms with van der Waals surface area (Å²) in [6, 6.07) is 5.42. The molecule has 0 spiro atoms. The predicted molar refractivity (Wildman–Crippen MR) is 91.2 cm³/mol. The highest BCUT2D eigenvalue weighted by atomic mass is 19.1. The molecular weight excluding hydrogens is 339 g/mol. The largest absolute Gasteiger partial charge is 0.455 e.